The van der Waals surface area contributed by atoms with Gasteiger partial charge in [-0.25, -0.2) is 0 Å². The zero-order valence-electron chi connectivity index (χ0n) is 15.2. The summed E-state index contributed by atoms with van der Waals surface area (Å²) >= 11 is 0. The first-order chi connectivity index (χ1) is 12.3. The maximum atomic E-state index is 12.3. The van der Waals surface area contributed by atoms with Gasteiger partial charge in [0, 0.05) is 6.54 Å². The fourth-order valence-electron chi connectivity index (χ4n) is 3.94. The summed E-state index contributed by atoms with van der Waals surface area (Å²) in [6, 6.07) is 7.13. The van der Waals surface area contributed by atoms with Crippen LogP contribution in [-0.2, 0) is 0 Å². The molecule has 1 aromatic carbocycles. The van der Waals surface area contributed by atoms with Crippen LogP contribution >= 0.6 is 0 Å². The molecule has 0 saturated carbocycles. The molecule has 2 aliphatic rings. The molecule has 0 radical (unpaired) electrons. The molecule has 1 saturated heterocycles. The number of fused-ring (bicyclic) bond motifs is 1. The SMILES string of the molecule is O=C1c2ccccc2C(=O)N1CCCCCCCCN1CCCCC1. The van der Waals surface area contributed by atoms with E-state index in [-0.39, 0.29) is 11.8 Å². The maximum Gasteiger partial charge on any atom is 0.261 e. The molecule has 136 valence electrons. The summed E-state index contributed by atoms with van der Waals surface area (Å²) in [6.07, 6.45) is 11.2. The minimum atomic E-state index is -0.123. The third-order valence-corrected chi connectivity index (χ3v) is 5.43. The van der Waals surface area contributed by atoms with Crippen molar-refractivity contribution in [3.8, 4) is 0 Å². The van der Waals surface area contributed by atoms with Gasteiger partial charge in [-0.15, -0.1) is 0 Å². The lowest BCUT2D eigenvalue weighted by atomic mass is 10.1. The summed E-state index contributed by atoms with van der Waals surface area (Å²) in [7, 11) is 0. The van der Waals surface area contributed by atoms with Gasteiger partial charge in [0.15, 0.2) is 0 Å². The molecule has 0 aliphatic carbocycles. The minimum Gasteiger partial charge on any atom is -0.303 e. The van der Waals surface area contributed by atoms with Crippen molar-refractivity contribution in [1.29, 1.82) is 0 Å². The number of carbonyl (C=O) groups is 2. The Bertz CT molecular complexity index is 558. The zero-order valence-corrected chi connectivity index (χ0v) is 15.2. The number of unbranched alkanes of at least 4 members (excludes halogenated alkanes) is 5. The van der Waals surface area contributed by atoms with Crippen LogP contribution in [0.15, 0.2) is 24.3 Å². The predicted molar refractivity (Wildman–Crippen MR) is 99.8 cm³/mol. The Morgan fingerprint density at radius 2 is 1.20 bits per heavy atom. The van der Waals surface area contributed by atoms with Gasteiger partial charge in [-0.05, 0) is 57.5 Å². The van der Waals surface area contributed by atoms with Crippen LogP contribution in [0.5, 0.6) is 0 Å². The van der Waals surface area contributed by atoms with Gasteiger partial charge in [-0.2, -0.15) is 0 Å². The number of hydrogen-bond donors (Lipinski definition) is 0. The van der Waals surface area contributed by atoms with Crippen LogP contribution in [0, 0.1) is 0 Å². The predicted octanol–water partition coefficient (Wildman–Crippen LogP) is 4.11. The molecule has 2 heterocycles. The molecule has 1 fully saturated rings. The lowest BCUT2D eigenvalue weighted by Crippen LogP contribution is -2.30. The van der Waals surface area contributed by atoms with Crippen molar-refractivity contribution in [3.05, 3.63) is 35.4 Å². The van der Waals surface area contributed by atoms with E-state index in [9.17, 15) is 9.59 Å². The average molecular weight is 342 g/mol. The summed E-state index contributed by atoms with van der Waals surface area (Å²) in [5.74, 6) is -0.246. The number of nitrogens with zero attached hydrogens (tertiary/aromatic N) is 2. The molecule has 0 N–H and O–H groups in total. The largest absolute Gasteiger partial charge is 0.303 e. The molecule has 1 aromatic rings. The Hall–Kier alpha value is -1.68. The monoisotopic (exact) mass is 342 g/mol. The van der Waals surface area contributed by atoms with Crippen molar-refractivity contribution in [2.45, 2.75) is 57.8 Å². The van der Waals surface area contributed by atoms with Crippen LogP contribution < -0.4 is 0 Å². The molecule has 0 aromatic heterocycles. The van der Waals surface area contributed by atoms with Crippen LogP contribution in [0.4, 0.5) is 0 Å². The number of amides is 2. The number of rotatable bonds is 9. The molecule has 0 spiro atoms. The summed E-state index contributed by atoms with van der Waals surface area (Å²) < 4.78 is 0. The first-order valence-electron chi connectivity index (χ1n) is 9.95. The maximum absolute atomic E-state index is 12.3. The van der Waals surface area contributed by atoms with Crippen molar-refractivity contribution in [2.24, 2.45) is 0 Å². The molecule has 2 amide bonds. The highest BCUT2D eigenvalue weighted by molar-refractivity contribution is 6.21. The Morgan fingerprint density at radius 1 is 0.680 bits per heavy atom. The van der Waals surface area contributed by atoms with Crippen LogP contribution in [0.25, 0.3) is 0 Å². The van der Waals surface area contributed by atoms with Crippen molar-refractivity contribution >= 4 is 11.8 Å². The molecular formula is C21H30N2O2. The van der Waals surface area contributed by atoms with E-state index in [1.54, 1.807) is 12.1 Å². The number of benzene rings is 1. The molecule has 0 atom stereocenters. The second-order valence-corrected chi connectivity index (χ2v) is 7.33. The highest BCUT2D eigenvalue weighted by Gasteiger charge is 2.34. The second kappa shape index (κ2) is 9.14. The van der Waals surface area contributed by atoms with E-state index < -0.39 is 0 Å². The molecule has 0 unspecified atom stereocenters. The summed E-state index contributed by atoms with van der Waals surface area (Å²) in [5.41, 5.74) is 1.12. The van der Waals surface area contributed by atoms with Gasteiger partial charge >= 0.3 is 0 Å². The van der Waals surface area contributed by atoms with E-state index in [0.717, 1.165) is 12.8 Å². The molecule has 25 heavy (non-hydrogen) atoms. The van der Waals surface area contributed by atoms with Gasteiger partial charge in [0.05, 0.1) is 11.1 Å². The number of hydrogen-bond acceptors (Lipinski definition) is 3. The molecule has 0 bridgehead atoms. The van der Waals surface area contributed by atoms with Crippen molar-refractivity contribution < 1.29 is 9.59 Å². The van der Waals surface area contributed by atoms with Gasteiger partial charge in [0.25, 0.3) is 11.8 Å². The normalized spacial score (nSPS) is 18.0. The number of piperidine rings is 1. The van der Waals surface area contributed by atoms with Gasteiger partial charge in [0.2, 0.25) is 0 Å². The van der Waals surface area contributed by atoms with Gasteiger partial charge in [-0.1, -0.05) is 44.2 Å². The summed E-state index contributed by atoms with van der Waals surface area (Å²) in [5, 5.41) is 0. The Balaban J connectivity index is 1.26. The van der Waals surface area contributed by atoms with Crippen LogP contribution in [0.2, 0.25) is 0 Å². The van der Waals surface area contributed by atoms with Crippen molar-refractivity contribution in [1.82, 2.24) is 9.80 Å². The smallest absolute Gasteiger partial charge is 0.261 e. The third-order valence-electron chi connectivity index (χ3n) is 5.43. The molecule has 2 aliphatic heterocycles. The quantitative estimate of drug-likeness (QED) is 0.501. The molecule has 4 nitrogen and oxygen atoms in total. The third kappa shape index (κ3) is 4.69. The highest BCUT2D eigenvalue weighted by Crippen LogP contribution is 2.23. The number of imide groups is 1. The molecule has 3 rings (SSSR count). The minimum absolute atomic E-state index is 0.123. The molecule has 4 heteroatoms. The van der Waals surface area contributed by atoms with Gasteiger partial charge in [0.1, 0.15) is 0 Å². The van der Waals surface area contributed by atoms with E-state index in [1.807, 2.05) is 12.1 Å². The first kappa shape index (κ1) is 18.1. The molecular weight excluding hydrogens is 312 g/mol. The fourth-order valence-corrected chi connectivity index (χ4v) is 3.94. The first-order valence-corrected chi connectivity index (χ1v) is 9.95. The van der Waals surface area contributed by atoms with E-state index in [4.69, 9.17) is 0 Å². The number of carbonyl (C=O) groups excluding carboxylic acids is 2. The van der Waals surface area contributed by atoms with E-state index >= 15 is 0 Å². The Kier molecular flexibility index (Phi) is 6.62. The Morgan fingerprint density at radius 3 is 1.80 bits per heavy atom. The van der Waals surface area contributed by atoms with E-state index in [0.29, 0.717) is 17.7 Å². The summed E-state index contributed by atoms with van der Waals surface area (Å²) in [4.78, 5) is 28.5. The van der Waals surface area contributed by atoms with Gasteiger partial charge < -0.3 is 4.90 Å². The highest BCUT2D eigenvalue weighted by atomic mass is 16.2. The summed E-state index contributed by atoms with van der Waals surface area (Å²) in [6.45, 7) is 4.40. The van der Waals surface area contributed by atoms with Crippen LogP contribution in [0.1, 0.15) is 78.5 Å². The number of likely N-dealkylation sites (tertiary alicyclic amines) is 1. The van der Waals surface area contributed by atoms with E-state index in [2.05, 4.69) is 4.90 Å². The second-order valence-electron chi connectivity index (χ2n) is 7.33. The average Bonchev–Trinajstić information content (AvgIpc) is 2.90. The van der Waals surface area contributed by atoms with Crippen molar-refractivity contribution in [2.75, 3.05) is 26.2 Å². The van der Waals surface area contributed by atoms with E-state index in [1.165, 1.54) is 69.5 Å². The topological polar surface area (TPSA) is 40.6 Å². The van der Waals surface area contributed by atoms with Crippen LogP contribution in [0.3, 0.4) is 0 Å². The lowest BCUT2D eigenvalue weighted by Gasteiger charge is -2.26. The van der Waals surface area contributed by atoms with Crippen LogP contribution in [-0.4, -0.2) is 47.8 Å². The zero-order chi connectivity index (χ0) is 17.5. The van der Waals surface area contributed by atoms with Crippen molar-refractivity contribution in [3.63, 3.8) is 0 Å². The lowest BCUT2D eigenvalue weighted by molar-refractivity contribution is 0.0651. The Labute approximate surface area is 151 Å². The standard InChI is InChI=1S/C21H30N2O2/c24-20-18-12-6-7-13-19(18)21(25)23(20)17-11-4-2-1-3-8-14-22-15-9-5-10-16-22/h6-7,12-13H,1-5,8-11,14-17H2. The van der Waals surface area contributed by atoms with Gasteiger partial charge in [-0.3, -0.25) is 14.5 Å². The fraction of sp³-hybridized carbons (Fsp3) is 0.619.